The first-order valence-electron chi connectivity index (χ1n) is 5.26. The van der Waals surface area contributed by atoms with Crippen LogP contribution in [0.15, 0.2) is 29.2 Å². The summed E-state index contributed by atoms with van der Waals surface area (Å²) in [6, 6.07) is 6.81. The summed E-state index contributed by atoms with van der Waals surface area (Å²) in [6.07, 6.45) is 0.992. The maximum Gasteiger partial charge on any atom is 0.240 e. The van der Waals surface area contributed by atoms with Gasteiger partial charge in [-0.1, -0.05) is 17.7 Å². The van der Waals surface area contributed by atoms with Crippen molar-refractivity contribution in [3.05, 3.63) is 29.8 Å². The Kier molecular flexibility index (Phi) is 3.28. The van der Waals surface area contributed by atoms with E-state index in [1.807, 2.05) is 6.92 Å². The Balaban J connectivity index is 1.97. The summed E-state index contributed by atoms with van der Waals surface area (Å²) in [6.45, 7) is 3.11. The van der Waals surface area contributed by atoms with Gasteiger partial charge in [-0.15, -0.1) is 0 Å². The zero-order valence-corrected chi connectivity index (χ0v) is 9.96. The number of sulfonamides is 1. The second-order valence-corrected chi connectivity index (χ2v) is 5.72. The zero-order valence-electron chi connectivity index (χ0n) is 9.14. The quantitative estimate of drug-likeness (QED) is 0.784. The minimum absolute atomic E-state index is 0.251. The number of hydrogen-bond donors (Lipinski definition) is 1. The van der Waals surface area contributed by atoms with Gasteiger partial charge in [-0.05, 0) is 25.5 Å². The van der Waals surface area contributed by atoms with Gasteiger partial charge in [0.05, 0.1) is 17.6 Å². The molecule has 0 aromatic heterocycles. The predicted octanol–water partition coefficient (Wildman–Crippen LogP) is 1.06. The van der Waals surface area contributed by atoms with Crippen molar-refractivity contribution < 1.29 is 13.2 Å². The summed E-state index contributed by atoms with van der Waals surface area (Å²) in [5.74, 6) is 0. The summed E-state index contributed by atoms with van der Waals surface area (Å²) < 4.78 is 31.2. The molecule has 2 rings (SSSR count). The van der Waals surface area contributed by atoms with E-state index in [4.69, 9.17) is 4.74 Å². The van der Waals surface area contributed by atoms with E-state index < -0.39 is 10.0 Å². The lowest BCUT2D eigenvalue weighted by atomic mass is 10.2. The third kappa shape index (κ3) is 3.04. The monoisotopic (exact) mass is 241 g/mol. The maximum atomic E-state index is 11.8. The first-order valence-corrected chi connectivity index (χ1v) is 6.74. The van der Waals surface area contributed by atoms with Crippen LogP contribution >= 0.6 is 0 Å². The molecule has 1 fully saturated rings. The summed E-state index contributed by atoms with van der Waals surface area (Å²) in [4.78, 5) is 0.315. The van der Waals surface area contributed by atoms with Crippen LogP contribution in [-0.2, 0) is 14.8 Å². The molecule has 16 heavy (non-hydrogen) atoms. The molecule has 0 spiro atoms. The van der Waals surface area contributed by atoms with Crippen LogP contribution in [0.25, 0.3) is 0 Å². The molecule has 1 aliphatic rings. The van der Waals surface area contributed by atoms with Gasteiger partial charge in [0, 0.05) is 6.54 Å². The Morgan fingerprint density at radius 3 is 2.56 bits per heavy atom. The zero-order chi connectivity index (χ0) is 11.6. The smallest absolute Gasteiger partial charge is 0.240 e. The Morgan fingerprint density at radius 1 is 1.38 bits per heavy atom. The molecule has 1 aliphatic heterocycles. The number of aryl methyl sites for hydroxylation is 1. The number of ether oxygens (including phenoxy) is 1. The van der Waals surface area contributed by atoms with Gasteiger partial charge in [-0.2, -0.15) is 0 Å². The normalized spacial score (nSPS) is 19.7. The lowest BCUT2D eigenvalue weighted by Crippen LogP contribution is -2.25. The number of hydrogen-bond acceptors (Lipinski definition) is 3. The fourth-order valence-corrected chi connectivity index (χ4v) is 2.44. The lowest BCUT2D eigenvalue weighted by Gasteiger charge is -2.05. The highest BCUT2D eigenvalue weighted by Crippen LogP contribution is 2.13. The number of rotatable bonds is 5. The molecular formula is C11H15NO3S. The van der Waals surface area contributed by atoms with Crippen LogP contribution in [0.1, 0.15) is 12.0 Å². The van der Waals surface area contributed by atoms with Crippen molar-refractivity contribution in [1.82, 2.24) is 4.72 Å². The van der Waals surface area contributed by atoms with Gasteiger partial charge in [-0.25, -0.2) is 13.1 Å². The van der Waals surface area contributed by atoms with Gasteiger partial charge in [0.15, 0.2) is 0 Å². The van der Waals surface area contributed by atoms with Crippen LogP contribution < -0.4 is 4.72 Å². The standard InChI is InChI=1S/C11H15NO3S/c1-9-2-4-11(5-3-9)16(13,14)12-7-6-10-8-15-10/h2-5,10,12H,6-8H2,1H3. The van der Waals surface area contributed by atoms with Gasteiger partial charge < -0.3 is 4.74 Å². The molecule has 0 amide bonds. The molecule has 0 aliphatic carbocycles. The lowest BCUT2D eigenvalue weighted by molar-refractivity contribution is 0.396. The Hall–Kier alpha value is -0.910. The van der Waals surface area contributed by atoms with Crippen molar-refractivity contribution in [2.75, 3.05) is 13.2 Å². The summed E-state index contributed by atoms with van der Waals surface area (Å²) >= 11 is 0. The number of benzene rings is 1. The highest BCUT2D eigenvalue weighted by atomic mass is 32.2. The fourth-order valence-electron chi connectivity index (χ4n) is 1.39. The van der Waals surface area contributed by atoms with Crippen LogP contribution in [0.3, 0.4) is 0 Å². The van der Waals surface area contributed by atoms with Crippen molar-refractivity contribution in [3.63, 3.8) is 0 Å². The minimum atomic E-state index is -3.35. The van der Waals surface area contributed by atoms with Crippen LogP contribution in [0.4, 0.5) is 0 Å². The molecule has 1 aromatic rings. The van der Waals surface area contributed by atoms with Gasteiger partial charge >= 0.3 is 0 Å². The first kappa shape index (κ1) is 11.6. The molecule has 0 saturated carbocycles. The van der Waals surface area contributed by atoms with E-state index in [0.717, 1.165) is 18.6 Å². The van der Waals surface area contributed by atoms with Crippen molar-refractivity contribution in [2.24, 2.45) is 0 Å². The van der Waals surface area contributed by atoms with E-state index in [1.165, 1.54) is 0 Å². The largest absolute Gasteiger partial charge is 0.373 e. The second kappa shape index (κ2) is 4.53. The minimum Gasteiger partial charge on any atom is -0.373 e. The van der Waals surface area contributed by atoms with E-state index in [1.54, 1.807) is 24.3 Å². The van der Waals surface area contributed by atoms with Gasteiger partial charge in [-0.3, -0.25) is 0 Å². The first-order chi connectivity index (χ1) is 7.58. The average Bonchev–Trinajstić information content (AvgIpc) is 3.02. The van der Waals surface area contributed by atoms with Crippen molar-refractivity contribution in [2.45, 2.75) is 24.3 Å². The van der Waals surface area contributed by atoms with E-state index >= 15 is 0 Å². The molecule has 5 heteroatoms. The van der Waals surface area contributed by atoms with Crippen LogP contribution in [0.5, 0.6) is 0 Å². The van der Waals surface area contributed by atoms with Crippen molar-refractivity contribution >= 4 is 10.0 Å². The van der Waals surface area contributed by atoms with Crippen LogP contribution in [0.2, 0.25) is 0 Å². The van der Waals surface area contributed by atoms with Crippen LogP contribution in [-0.4, -0.2) is 27.7 Å². The molecule has 0 bridgehead atoms. The Morgan fingerprint density at radius 2 is 2.00 bits per heavy atom. The highest BCUT2D eigenvalue weighted by molar-refractivity contribution is 7.89. The molecule has 1 unspecified atom stereocenters. The molecule has 4 nitrogen and oxygen atoms in total. The molecule has 1 N–H and O–H groups in total. The third-order valence-electron chi connectivity index (χ3n) is 2.49. The molecule has 1 aromatic carbocycles. The fraction of sp³-hybridized carbons (Fsp3) is 0.455. The molecule has 1 saturated heterocycles. The Bertz CT molecular complexity index is 449. The second-order valence-electron chi connectivity index (χ2n) is 3.95. The molecule has 1 atom stereocenters. The van der Waals surface area contributed by atoms with Crippen molar-refractivity contribution in [3.8, 4) is 0 Å². The molecule has 88 valence electrons. The summed E-state index contributed by atoms with van der Waals surface area (Å²) in [7, 11) is -3.35. The van der Waals surface area contributed by atoms with Crippen molar-refractivity contribution in [1.29, 1.82) is 0 Å². The predicted molar refractivity (Wildman–Crippen MR) is 60.7 cm³/mol. The highest BCUT2D eigenvalue weighted by Gasteiger charge is 2.22. The van der Waals surface area contributed by atoms with Gasteiger partial charge in [0.1, 0.15) is 0 Å². The molecule has 0 radical (unpaired) electrons. The van der Waals surface area contributed by atoms with Gasteiger partial charge in [0.2, 0.25) is 10.0 Å². The summed E-state index contributed by atoms with van der Waals surface area (Å²) in [5.41, 5.74) is 1.05. The third-order valence-corrected chi connectivity index (χ3v) is 3.97. The number of epoxide rings is 1. The van der Waals surface area contributed by atoms with E-state index in [2.05, 4.69) is 4.72 Å². The summed E-state index contributed by atoms with van der Waals surface area (Å²) in [5, 5.41) is 0. The van der Waals surface area contributed by atoms with Crippen LogP contribution in [0, 0.1) is 6.92 Å². The number of nitrogens with one attached hydrogen (secondary N) is 1. The SMILES string of the molecule is Cc1ccc(S(=O)(=O)NCCC2CO2)cc1. The van der Waals surface area contributed by atoms with E-state index in [0.29, 0.717) is 11.4 Å². The topological polar surface area (TPSA) is 58.7 Å². The van der Waals surface area contributed by atoms with Gasteiger partial charge in [0.25, 0.3) is 0 Å². The molecule has 1 heterocycles. The maximum absolute atomic E-state index is 11.8. The molecular weight excluding hydrogens is 226 g/mol. The van der Waals surface area contributed by atoms with E-state index in [9.17, 15) is 8.42 Å². The Labute approximate surface area is 95.7 Å². The average molecular weight is 241 g/mol. The van der Waals surface area contributed by atoms with E-state index in [-0.39, 0.29) is 6.10 Å².